The molecule has 5 heteroatoms. The van der Waals surface area contributed by atoms with Gasteiger partial charge in [-0.25, -0.2) is 0 Å². The Balaban J connectivity index is 2.89. The van der Waals surface area contributed by atoms with Gasteiger partial charge in [-0.2, -0.15) is 0 Å². The average molecular weight is 311 g/mol. The predicted octanol–water partition coefficient (Wildman–Crippen LogP) is 3.26. The third kappa shape index (κ3) is 18.1. The fourth-order valence-corrected chi connectivity index (χ4v) is 1.67. The van der Waals surface area contributed by atoms with Crippen LogP contribution in [-0.2, 0) is 18.9 Å². The molecule has 0 rings (SSSR count). The minimum absolute atomic E-state index is 0.616. The summed E-state index contributed by atoms with van der Waals surface area (Å²) in [7, 11) is 0. The molecule has 0 heterocycles. The van der Waals surface area contributed by atoms with E-state index in [1.165, 1.54) is 6.42 Å². The normalized spacial score (nSPS) is 11.1. The van der Waals surface area contributed by atoms with E-state index in [1.54, 1.807) is 0 Å². The molecule has 0 aliphatic heterocycles. The van der Waals surface area contributed by atoms with Crippen LogP contribution < -0.4 is 0 Å². The van der Waals surface area contributed by atoms with Crippen LogP contribution in [-0.4, -0.2) is 58.7 Å². The van der Waals surface area contributed by atoms with Crippen molar-refractivity contribution in [2.24, 2.45) is 0 Å². The summed E-state index contributed by atoms with van der Waals surface area (Å²) in [4.78, 5) is 0. The second kappa shape index (κ2) is 19.1. The van der Waals surface area contributed by atoms with Crippen LogP contribution >= 0.6 is 11.6 Å². The van der Waals surface area contributed by atoms with Gasteiger partial charge in [0.1, 0.15) is 0 Å². The lowest BCUT2D eigenvalue weighted by molar-refractivity contribution is -0.00235. The zero-order valence-corrected chi connectivity index (χ0v) is 13.7. The van der Waals surface area contributed by atoms with E-state index < -0.39 is 0 Å². The zero-order valence-electron chi connectivity index (χ0n) is 12.9. The van der Waals surface area contributed by atoms with Crippen LogP contribution in [0.15, 0.2) is 0 Å². The molecule has 0 fully saturated rings. The zero-order chi connectivity index (χ0) is 14.7. The fraction of sp³-hybridized carbons (Fsp3) is 1.00. The smallest absolute Gasteiger partial charge is 0.0701 e. The SMILES string of the molecule is CCCCOCCOCCOCCOCCCCCCl. The summed E-state index contributed by atoms with van der Waals surface area (Å²) in [5.41, 5.74) is 0. The predicted molar refractivity (Wildman–Crippen MR) is 82.8 cm³/mol. The molecule has 0 saturated heterocycles. The van der Waals surface area contributed by atoms with Crippen LogP contribution in [0.4, 0.5) is 0 Å². The molecule has 4 nitrogen and oxygen atoms in total. The van der Waals surface area contributed by atoms with Crippen molar-refractivity contribution in [3.63, 3.8) is 0 Å². The maximum atomic E-state index is 5.59. The molecule has 0 amide bonds. The molecule has 0 unspecified atom stereocenters. The Morgan fingerprint density at radius 3 is 1.45 bits per heavy atom. The Bertz CT molecular complexity index is 152. The molecule has 0 atom stereocenters. The van der Waals surface area contributed by atoms with Crippen molar-refractivity contribution < 1.29 is 18.9 Å². The molecule has 122 valence electrons. The monoisotopic (exact) mass is 310 g/mol. The number of alkyl halides is 1. The number of hydrogen-bond acceptors (Lipinski definition) is 4. The van der Waals surface area contributed by atoms with Gasteiger partial charge in [-0.05, 0) is 25.7 Å². The van der Waals surface area contributed by atoms with Crippen molar-refractivity contribution in [1.29, 1.82) is 0 Å². The van der Waals surface area contributed by atoms with Crippen LogP contribution in [0.25, 0.3) is 0 Å². The van der Waals surface area contributed by atoms with E-state index >= 15 is 0 Å². The van der Waals surface area contributed by atoms with Crippen molar-refractivity contribution in [2.75, 3.05) is 58.7 Å². The van der Waals surface area contributed by atoms with E-state index in [1.807, 2.05) is 0 Å². The van der Waals surface area contributed by atoms with E-state index in [-0.39, 0.29) is 0 Å². The third-order valence-electron chi connectivity index (χ3n) is 2.68. The van der Waals surface area contributed by atoms with Gasteiger partial charge < -0.3 is 18.9 Å². The summed E-state index contributed by atoms with van der Waals surface area (Å²) in [6.07, 6.45) is 5.58. The van der Waals surface area contributed by atoms with Gasteiger partial charge in [-0.15, -0.1) is 11.6 Å². The second-order valence-corrected chi connectivity index (χ2v) is 4.93. The minimum Gasteiger partial charge on any atom is -0.379 e. The van der Waals surface area contributed by atoms with Crippen LogP contribution in [0, 0.1) is 0 Å². The molecule has 20 heavy (non-hydrogen) atoms. The molecular weight excluding hydrogens is 280 g/mol. The van der Waals surface area contributed by atoms with Crippen molar-refractivity contribution in [1.82, 2.24) is 0 Å². The summed E-state index contributed by atoms with van der Waals surface area (Å²) >= 11 is 5.59. The largest absolute Gasteiger partial charge is 0.379 e. The van der Waals surface area contributed by atoms with Crippen molar-refractivity contribution in [3.05, 3.63) is 0 Å². The maximum absolute atomic E-state index is 5.59. The third-order valence-corrected chi connectivity index (χ3v) is 2.95. The van der Waals surface area contributed by atoms with Gasteiger partial charge in [-0.1, -0.05) is 13.3 Å². The summed E-state index contributed by atoms with van der Waals surface area (Å²) < 4.78 is 21.6. The average Bonchev–Trinajstić information content (AvgIpc) is 2.47. The molecule has 0 radical (unpaired) electrons. The lowest BCUT2D eigenvalue weighted by Crippen LogP contribution is -2.12. The Labute approximate surface area is 129 Å². The van der Waals surface area contributed by atoms with Gasteiger partial charge in [0.05, 0.1) is 39.6 Å². The standard InChI is InChI=1S/C15H31ClO4/c1-2-3-8-17-10-12-19-14-15-20-13-11-18-9-6-4-5-7-16/h2-15H2,1H3. The lowest BCUT2D eigenvalue weighted by atomic mass is 10.3. The highest BCUT2D eigenvalue weighted by Crippen LogP contribution is 1.97. The van der Waals surface area contributed by atoms with Crippen molar-refractivity contribution in [3.8, 4) is 0 Å². The van der Waals surface area contributed by atoms with Gasteiger partial charge in [0.25, 0.3) is 0 Å². The molecule has 0 saturated carbocycles. The van der Waals surface area contributed by atoms with Gasteiger partial charge in [0, 0.05) is 19.1 Å². The molecule has 0 aromatic rings. The van der Waals surface area contributed by atoms with Gasteiger partial charge in [0.15, 0.2) is 0 Å². The number of halogens is 1. The topological polar surface area (TPSA) is 36.9 Å². The van der Waals surface area contributed by atoms with Crippen LogP contribution in [0.5, 0.6) is 0 Å². The quantitative estimate of drug-likeness (QED) is 0.305. The van der Waals surface area contributed by atoms with Crippen molar-refractivity contribution in [2.45, 2.75) is 39.0 Å². The van der Waals surface area contributed by atoms with Crippen LogP contribution in [0.2, 0.25) is 0 Å². The molecule has 0 bridgehead atoms. The highest BCUT2D eigenvalue weighted by Gasteiger charge is 1.93. The molecule has 0 N–H and O–H groups in total. The van der Waals surface area contributed by atoms with E-state index in [0.29, 0.717) is 39.6 Å². The molecule has 0 aromatic heterocycles. The first-order chi connectivity index (χ1) is 9.91. The van der Waals surface area contributed by atoms with E-state index in [4.69, 9.17) is 30.5 Å². The highest BCUT2D eigenvalue weighted by atomic mass is 35.5. The molecular formula is C15H31ClO4. The second-order valence-electron chi connectivity index (χ2n) is 4.55. The number of unbranched alkanes of at least 4 members (excludes halogenated alkanes) is 3. The van der Waals surface area contributed by atoms with Gasteiger partial charge in [-0.3, -0.25) is 0 Å². The Morgan fingerprint density at radius 2 is 1.00 bits per heavy atom. The number of rotatable bonds is 17. The van der Waals surface area contributed by atoms with Crippen LogP contribution in [0.1, 0.15) is 39.0 Å². The Kier molecular flexibility index (Phi) is 19.3. The number of ether oxygens (including phenoxy) is 4. The molecule has 0 spiro atoms. The summed E-state index contributed by atoms with van der Waals surface area (Å²) in [6, 6.07) is 0. The summed E-state index contributed by atoms with van der Waals surface area (Å²) in [5, 5.41) is 0. The van der Waals surface area contributed by atoms with Gasteiger partial charge in [0.2, 0.25) is 0 Å². The Morgan fingerprint density at radius 1 is 0.550 bits per heavy atom. The fourth-order valence-electron chi connectivity index (χ4n) is 1.48. The number of hydrogen-bond donors (Lipinski definition) is 0. The highest BCUT2D eigenvalue weighted by molar-refractivity contribution is 6.17. The molecule has 0 aliphatic rings. The van der Waals surface area contributed by atoms with Crippen LogP contribution in [0.3, 0.4) is 0 Å². The molecule has 0 aliphatic carbocycles. The first-order valence-electron chi connectivity index (χ1n) is 7.78. The van der Waals surface area contributed by atoms with Crippen molar-refractivity contribution >= 4 is 11.6 Å². The summed E-state index contributed by atoms with van der Waals surface area (Å²) in [6.45, 7) is 7.62. The molecule has 0 aromatic carbocycles. The van der Waals surface area contributed by atoms with E-state index in [0.717, 1.165) is 44.8 Å². The minimum atomic E-state index is 0.616. The first-order valence-corrected chi connectivity index (χ1v) is 8.32. The lowest BCUT2D eigenvalue weighted by Gasteiger charge is -2.07. The first kappa shape index (κ1) is 20.1. The maximum Gasteiger partial charge on any atom is 0.0701 e. The Hall–Kier alpha value is 0.130. The van der Waals surface area contributed by atoms with E-state index in [2.05, 4.69) is 6.92 Å². The summed E-state index contributed by atoms with van der Waals surface area (Å²) in [5.74, 6) is 0.743. The van der Waals surface area contributed by atoms with Gasteiger partial charge >= 0.3 is 0 Å². The van der Waals surface area contributed by atoms with E-state index in [9.17, 15) is 0 Å².